The smallest absolute Gasteiger partial charge is 0.234 e. The number of amides is 1. The van der Waals surface area contributed by atoms with Crippen molar-refractivity contribution in [3.05, 3.63) is 0 Å². The van der Waals surface area contributed by atoms with Gasteiger partial charge in [-0.25, -0.2) is 0 Å². The zero-order chi connectivity index (χ0) is 12.7. The molecule has 7 heteroatoms. The molecule has 1 aliphatic heterocycles. The van der Waals surface area contributed by atoms with Crippen molar-refractivity contribution in [3.63, 3.8) is 0 Å². The van der Waals surface area contributed by atoms with Gasteiger partial charge in [-0.1, -0.05) is 0 Å². The predicted molar refractivity (Wildman–Crippen MR) is 61.4 cm³/mol. The first-order valence-corrected chi connectivity index (χ1v) is 5.72. The Morgan fingerprint density at radius 3 is 2.18 bits per heavy atom. The van der Waals surface area contributed by atoms with Gasteiger partial charge in [-0.15, -0.1) is 0 Å². The van der Waals surface area contributed by atoms with Gasteiger partial charge >= 0.3 is 0 Å². The Bertz CT molecular complexity index is 231. The quantitative estimate of drug-likeness (QED) is 0.337. The molecular weight excluding hydrogens is 226 g/mol. The van der Waals surface area contributed by atoms with Crippen LogP contribution in [-0.4, -0.2) is 84.2 Å². The minimum atomic E-state index is -1.33. The third-order valence-electron chi connectivity index (χ3n) is 2.89. The maximum atomic E-state index is 11.7. The number of rotatable bonds is 6. The maximum Gasteiger partial charge on any atom is 0.234 e. The molecule has 1 aliphatic rings. The van der Waals surface area contributed by atoms with Crippen LogP contribution in [0.5, 0.6) is 0 Å². The molecule has 0 radical (unpaired) electrons. The van der Waals surface area contributed by atoms with E-state index in [1.165, 1.54) is 0 Å². The van der Waals surface area contributed by atoms with Crippen molar-refractivity contribution >= 4 is 5.91 Å². The van der Waals surface area contributed by atoms with E-state index < -0.39 is 25.4 Å². The summed E-state index contributed by atoms with van der Waals surface area (Å²) in [5.74, 6) is -0.302. The van der Waals surface area contributed by atoms with Gasteiger partial charge in [-0.05, 0) is 0 Å². The summed E-state index contributed by atoms with van der Waals surface area (Å²) in [5.41, 5.74) is -1.33. The van der Waals surface area contributed by atoms with Gasteiger partial charge in [0, 0.05) is 26.2 Å². The Morgan fingerprint density at radius 1 is 1.18 bits per heavy atom. The SMILES string of the molecule is O=C(CN1CCNCC1)NC(CO)(CO)CO. The number of carbonyl (C=O) groups excluding carboxylic acids is 1. The normalized spacial score (nSPS) is 18.1. The van der Waals surface area contributed by atoms with E-state index in [1.54, 1.807) is 0 Å². The zero-order valence-corrected chi connectivity index (χ0v) is 9.85. The fraction of sp³-hybridized carbons (Fsp3) is 0.900. The molecule has 0 bridgehead atoms. The van der Waals surface area contributed by atoms with Crippen LogP contribution in [0.1, 0.15) is 0 Å². The Kier molecular flexibility index (Phi) is 5.79. The minimum absolute atomic E-state index is 0.212. The molecule has 0 aliphatic carbocycles. The minimum Gasteiger partial charge on any atom is -0.394 e. The molecule has 1 amide bonds. The highest BCUT2D eigenvalue weighted by Gasteiger charge is 2.30. The Morgan fingerprint density at radius 2 is 1.71 bits per heavy atom. The maximum absolute atomic E-state index is 11.7. The van der Waals surface area contributed by atoms with Crippen LogP contribution in [0.25, 0.3) is 0 Å². The predicted octanol–water partition coefficient (Wildman–Crippen LogP) is -3.28. The fourth-order valence-electron chi connectivity index (χ4n) is 1.68. The van der Waals surface area contributed by atoms with Crippen molar-refractivity contribution in [2.75, 3.05) is 52.5 Å². The second-order valence-electron chi connectivity index (χ2n) is 4.33. The van der Waals surface area contributed by atoms with Crippen molar-refractivity contribution in [2.24, 2.45) is 0 Å². The van der Waals surface area contributed by atoms with Gasteiger partial charge in [0.1, 0.15) is 5.54 Å². The van der Waals surface area contributed by atoms with Gasteiger partial charge < -0.3 is 26.0 Å². The highest BCUT2D eigenvalue weighted by Crippen LogP contribution is 2.02. The lowest BCUT2D eigenvalue weighted by Gasteiger charge is -2.31. The standard InChI is InChI=1S/C10H21N3O4/c14-6-10(7-15,8-16)12-9(17)5-13-3-1-11-2-4-13/h11,14-16H,1-8H2,(H,12,17). The molecule has 1 rings (SSSR count). The average molecular weight is 247 g/mol. The molecule has 0 unspecified atom stereocenters. The number of piperazine rings is 1. The first-order chi connectivity index (χ1) is 8.15. The molecule has 0 spiro atoms. The summed E-state index contributed by atoms with van der Waals surface area (Å²) in [6.45, 7) is 2.00. The van der Waals surface area contributed by atoms with Gasteiger partial charge in [0.15, 0.2) is 0 Å². The molecule has 100 valence electrons. The van der Waals surface area contributed by atoms with Crippen LogP contribution in [0.15, 0.2) is 0 Å². The second kappa shape index (κ2) is 6.87. The molecule has 0 aromatic carbocycles. The molecule has 0 atom stereocenters. The summed E-state index contributed by atoms with van der Waals surface area (Å²) >= 11 is 0. The van der Waals surface area contributed by atoms with E-state index in [9.17, 15) is 4.79 Å². The largest absolute Gasteiger partial charge is 0.394 e. The first-order valence-electron chi connectivity index (χ1n) is 5.72. The Labute approximate surface area is 100 Å². The summed E-state index contributed by atoms with van der Waals surface area (Å²) < 4.78 is 0. The van der Waals surface area contributed by atoms with E-state index in [0.717, 1.165) is 26.2 Å². The van der Waals surface area contributed by atoms with Crippen LogP contribution < -0.4 is 10.6 Å². The van der Waals surface area contributed by atoms with Gasteiger partial charge in [-0.2, -0.15) is 0 Å². The van der Waals surface area contributed by atoms with Crippen LogP contribution in [0, 0.1) is 0 Å². The van der Waals surface area contributed by atoms with Crippen LogP contribution >= 0.6 is 0 Å². The van der Waals surface area contributed by atoms with Crippen LogP contribution in [0.3, 0.4) is 0 Å². The third kappa shape index (κ3) is 4.21. The molecule has 1 saturated heterocycles. The summed E-state index contributed by atoms with van der Waals surface area (Å²) in [6.07, 6.45) is 0. The molecule has 0 aromatic heterocycles. The van der Waals surface area contributed by atoms with E-state index in [-0.39, 0.29) is 12.5 Å². The number of aliphatic hydroxyl groups is 3. The molecule has 17 heavy (non-hydrogen) atoms. The monoisotopic (exact) mass is 247 g/mol. The molecule has 7 nitrogen and oxygen atoms in total. The number of aliphatic hydroxyl groups excluding tert-OH is 3. The number of nitrogens with one attached hydrogen (secondary N) is 2. The van der Waals surface area contributed by atoms with E-state index in [1.807, 2.05) is 4.90 Å². The molecule has 5 N–H and O–H groups in total. The fourth-order valence-corrected chi connectivity index (χ4v) is 1.68. The first kappa shape index (κ1) is 14.3. The van der Waals surface area contributed by atoms with Gasteiger partial charge in [0.25, 0.3) is 0 Å². The van der Waals surface area contributed by atoms with Gasteiger partial charge in [-0.3, -0.25) is 9.69 Å². The topological polar surface area (TPSA) is 105 Å². The summed E-state index contributed by atoms with van der Waals surface area (Å²) in [5, 5.41) is 32.9. The van der Waals surface area contributed by atoms with E-state index in [4.69, 9.17) is 15.3 Å². The Balaban J connectivity index is 2.41. The summed E-state index contributed by atoms with van der Waals surface area (Å²) in [7, 11) is 0. The van der Waals surface area contributed by atoms with Crippen molar-refractivity contribution in [1.82, 2.24) is 15.5 Å². The lowest BCUT2D eigenvalue weighted by molar-refractivity contribution is -0.126. The third-order valence-corrected chi connectivity index (χ3v) is 2.89. The molecule has 0 aromatic rings. The summed E-state index contributed by atoms with van der Waals surface area (Å²) in [6, 6.07) is 0. The van der Waals surface area contributed by atoms with Crippen molar-refractivity contribution in [2.45, 2.75) is 5.54 Å². The lowest BCUT2D eigenvalue weighted by atomic mass is 10.0. The van der Waals surface area contributed by atoms with E-state index >= 15 is 0 Å². The van der Waals surface area contributed by atoms with Crippen LogP contribution in [0.2, 0.25) is 0 Å². The number of hydrogen-bond donors (Lipinski definition) is 5. The van der Waals surface area contributed by atoms with Crippen LogP contribution in [0.4, 0.5) is 0 Å². The van der Waals surface area contributed by atoms with E-state index in [0.29, 0.717) is 0 Å². The van der Waals surface area contributed by atoms with Crippen molar-refractivity contribution in [1.29, 1.82) is 0 Å². The number of nitrogens with zero attached hydrogens (tertiary/aromatic N) is 1. The van der Waals surface area contributed by atoms with Gasteiger partial charge in [0.2, 0.25) is 5.91 Å². The molecule has 0 saturated carbocycles. The lowest BCUT2D eigenvalue weighted by Crippen LogP contribution is -2.59. The van der Waals surface area contributed by atoms with Crippen molar-refractivity contribution < 1.29 is 20.1 Å². The highest BCUT2D eigenvalue weighted by atomic mass is 16.3. The Hall–Kier alpha value is -0.730. The average Bonchev–Trinajstić information content (AvgIpc) is 2.37. The number of carbonyl (C=O) groups is 1. The van der Waals surface area contributed by atoms with Crippen LogP contribution in [-0.2, 0) is 4.79 Å². The molecule has 1 heterocycles. The second-order valence-corrected chi connectivity index (χ2v) is 4.33. The van der Waals surface area contributed by atoms with Crippen molar-refractivity contribution in [3.8, 4) is 0 Å². The van der Waals surface area contributed by atoms with Gasteiger partial charge in [0.05, 0.1) is 26.4 Å². The summed E-state index contributed by atoms with van der Waals surface area (Å²) in [4.78, 5) is 13.7. The van der Waals surface area contributed by atoms with E-state index in [2.05, 4.69) is 10.6 Å². The highest BCUT2D eigenvalue weighted by molar-refractivity contribution is 5.79. The molecular formula is C10H21N3O4. The molecule has 1 fully saturated rings. The number of hydrogen-bond acceptors (Lipinski definition) is 6. The zero-order valence-electron chi connectivity index (χ0n) is 9.85.